The molecule has 3 unspecified atom stereocenters. The van der Waals surface area contributed by atoms with Gasteiger partial charge in [0, 0.05) is 13.0 Å². The zero-order valence-corrected chi connectivity index (χ0v) is 27.2. The van der Waals surface area contributed by atoms with Gasteiger partial charge in [-0.05, 0) is 65.2 Å². The van der Waals surface area contributed by atoms with E-state index >= 15 is 0 Å². The number of primary amides is 1. The monoisotopic (exact) mass is 622 g/mol. The summed E-state index contributed by atoms with van der Waals surface area (Å²) in [5.74, 6) is -2.96. The van der Waals surface area contributed by atoms with E-state index in [1.807, 2.05) is 30.3 Å². The Labute approximate surface area is 265 Å². The van der Waals surface area contributed by atoms with Crippen LogP contribution in [-0.2, 0) is 35.1 Å². The van der Waals surface area contributed by atoms with Crippen LogP contribution in [0, 0.1) is 6.92 Å². The minimum atomic E-state index is -1.46. The zero-order chi connectivity index (χ0) is 33.9. The molecule has 11 heteroatoms. The molecule has 45 heavy (non-hydrogen) atoms. The van der Waals surface area contributed by atoms with Crippen LogP contribution in [0.3, 0.4) is 0 Å². The predicted molar refractivity (Wildman–Crippen MR) is 171 cm³/mol. The van der Waals surface area contributed by atoms with Crippen LogP contribution in [0.5, 0.6) is 0 Å². The lowest BCUT2D eigenvalue weighted by molar-refractivity contribution is -0.159. The average molecular weight is 623 g/mol. The maximum absolute atomic E-state index is 14.3. The van der Waals surface area contributed by atoms with Gasteiger partial charge in [0.15, 0.2) is 0 Å². The van der Waals surface area contributed by atoms with Gasteiger partial charge in [-0.1, -0.05) is 60.7 Å². The summed E-state index contributed by atoms with van der Waals surface area (Å²) in [5.41, 5.74) is 5.66. The standard InChI is InChI=1S/C34H46N4O7/c1-9-19-38(30(41)25(21-27(35)39)37-32(43)45-34(6,7)8)28(24-18-14-13-15-22(24)2)29(40)36-26(31(42)44-33(3,4)5)20-23-16-11-10-12-17-23/h9-18,25-26,28H,1,19-21H2,2-8H3,(H2,35,39)(H,36,40)(H,37,43). The Hall–Kier alpha value is -4.67. The highest BCUT2D eigenvalue weighted by atomic mass is 16.6. The smallest absolute Gasteiger partial charge is 0.408 e. The summed E-state index contributed by atoms with van der Waals surface area (Å²) >= 11 is 0. The minimum Gasteiger partial charge on any atom is -0.458 e. The van der Waals surface area contributed by atoms with Gasteiger partial charge in [0.1, 0.15) is 29.3 Å². The third kappa shape index (κ3) is 12.1. The number of benzene rings is 2. The maximum atomic E-state index is 14.3. The van der Waals surface area contributed by atoms with Crippen LogP contribution in [0.2, 0.25) is 0 Å². The molecule has 0 aliphatic heterocycles. The number of hydrogen-bond acceptors (Lipinski definition) is 7. The quantitative estimate of drug-likeness (QED) is 0.226. The van der Waals surface area contributed by atoms with Gasteiger partial charge in [0.2, 0.25) is 17.7 Å². The normalized spacial score (nSPS) is 13.4. The number of carbonyl (C=O) groups is 5. The second-order valence-corrected chi connectivity index (χ2v) is 12.7. The van der Waals surface area contributed by atoms with E-state index in [2.05, 4.69) is 17.2 Å². The number of hydrogen-bond donors (Lipinski definition) is 3. The molecule has 0 aromatic heterocycles. The molecule has 4 amide bonds. The van der Waals surface area contributed by atoms with Crippen LogP contribution in [0.1, 0.15) is 70.7 Å². The van der Waals surface area contributed by atoms with E-state index < -0.39 is 65.5 Å². The number of nitrogens with zero attached hydrogens (tertiary/aromatic N) is 1. The SMILES string of the molecule is C=CCN(C(=O)C(CC(N)=O)NC(=O)OC(C)(C)C)C(C(=O)NC(Cc1ccccc1)C(=O)OC(C)(C)C)c1ccccc1C. The van der Waals surface area contributed by atoms with Crippen molar-refractivity contribution in [1.82, 2.24) is 15.5 Å². The van der Waals surface area contributed by atoms with Gasteiger partial charge >= 0.3 is 12.1 Å². The Morgan fingerprint density at radius 2 is 1.44 bits per heavy atom. The number of aryl methyl sites for hydroxylation is 1. The van der Waals surface area contributed by atoms with E-state index in [4.69, 9.17) is 15.2 Å². The molecule has 0 bridgehead atoms. The second kappa shape index (κ2) is 15.9. The van der Waals surface area contributed by atoms with Crippen molar-refractivity contribution in [3.8, 4) is 0 Å². The topological polar surface area (TPSA) is 157 Å². The molecule has 244 valence electrons. The third-order valence-electron chi connectivity index (χ3n) is 6.34. The first-order chi connectivity index (χ1) is 20.9. The summed E-state index contributed by atoms with van der Waals surface area (Å²) in [6.45, 7) is 15.5. The first kappa shape index (κ1) is 36.5. The Kier molecular flexibility index (Phi) is 12.9. The number of alkyl carbamates (subject to hydrolysis) is 1. The molecular weight excluding hydrogens is 576 g/mol. The molecule has 0 heterocycles. The van der Waals surface area contributed by atoms with Crippen LogP contribution in [-0.4, -0.2) is 64.5 Å². The van der Waals surface area contributed by atoms with Crippen molar-refractivity contribution < 1.29 is 33.4 Å². The molecule has 3 atom stereocenters. The summed E-state index contributed by atoms with van der Waals surface area (Å²) in [7, 11) is 0. The number of ether oxygens (including phenoxy) is 2. The fourth-order valence-corrected chi connectivity index (χ4v) is 4.52. The number of rotatable bonds is 13. The van der Waals surface area contributed by atoms with E-state index in [0.29, 0.717) is 11.1 Å². The molecule has 0 spiro atoms. The van der Waals surface area contributed by atoms with Crippen LogP contribution >= 0.6 is 0 Å². The van der Waals surface area contributed by atoms with Crippen LogP contribution in [0.15, 0.2) is 67.3 Å². The fourth-order valence-electron chi connectivity index (χ4n) is 4.52. The van der Waals surface area contributed by atoms with E-state index in [0.717, 1.165) is 5.56 Å². The molecule has 2 rings (SSSR count). The van der Waals surface area contributed by atoms with Crippen molar-refractivity contribution in [3.63, 3.8) is 0 Å². The number of nitrogens with one attached hydrogen (secondary N) is 2. The molecule has 2 aromatic carbocycles. The van der Waals surface area contributed by atoms with Crippen molar-refractivity contribution in [2.75, 3.05) is 6.54 Å². The van der Waals surface area contributed by atoms with Gasteiger partial charge in [-0.3, -0.25) is 14.4 Å². The molecule has 0 aliphatic rings. The highest BCUT2D eigenvalue weighted by Gasteiger charge is 2.39. The zero-order valence-electron chi connectivity index (χ0n) is 27.2. The first-order valence-corrected chi connectivity index (χ1v) is 14.7. The van der Waals surface area contributed by atoms with Gasteiger partial charge in [-0.15, -0.1) is 6.58 Å². The van der Waals surface area contributed by atoms with Crippen LogP contribution < -0.4 is 16.4 Å². The predicted octanol–water partition coefficient (Wildman–Crippen LogP) is 3.89. The van der Waals surface area contributed by atoms with Gasteiger partial charge in [-0.25, -0.2) is 9.59 Å². The lowest BCUT2D eigenvalue weighted by Crippen LogP contribution is -2.55. The number of carbonyl (C=O) groups excluding carboxylic acids is 5. The van der Waals surface area contributed by atoms with Crippen LogP contribution in [0.25, 0.3) is 0 Å². The highest BCUT2D eigenvalue weighted by molar-refractivity contribution is 5.96. The van der Waals surface area contributed by atoms with Crippen LogP contribution in [0.4, 0.5) is 4.79 Å². The van der Waals surface area contributed by atoms with Gasteiger partial charge in [0.05, 0.1) is 6.42 Å². The molecule has 11 nitrogen and oxygen atoms in total. The summed E-state index contributed by atoms with van der Waals surface area (Å²) in [5, 5.41) is 5.24. The molecular formula is C34H46N4O7. The summed E-state index contributed by atoms with van der Waals surface area (Å²) in [4.78, 5) is 67.6. The molecule has 0 radical (unpaired) electrons. The molecule has 2 aromatic rings. The Bertz CT molecular complexity index is 1360. The van der Waals surface area contributed by atoms with E-state index in [9.17, 15) is 24.0 Å². The van der Waals surface area contributed by atoms with Gasteiger partial charge in [0.25, 0.3) is 0 Å². The number of nitrogens with two attached hydrogens (primary N) is 1. The fraction of sp³-hybridized carbons (Fsp3) is 0.441. The van der Waals surface area contributed by atoms with Gasteiger partial charge in [-0.2, -0.15) is 0 Å². The molecule has 0 saturated carbocycles. The summed E-state index contributed by atoms with van der Waals surface area (Å²) < 4.78 is 10.9. The Balaban J connectivity index is 2.60. The minimum absolute atomic E-state index is 0.127. The van der Waals surface area contributed by atoms with Crippen molar-refractivity contribution in [1.29, 1.82) is 0 Å². The lowest BCUT2D eigenvalue weighted by atomic mass is 9.97. The van der Waals surface area contributed by atoms with E-state index in [1.165, 1.54) is 11.0 Å². The third-order valence-corrected chi connectivity index (χ3v) is 6.34. The summed E-state index contributed by atoms with van der Waals surface area (Å²) in [6.07, 6.45) is 0.0515. The molecule has 0 saturated heterocycles. The highest BCUT2D eigenvalue weighted by Crippen LogP contribution is 2.26. The largest absolute Gasteiger partial charge is 0.458 e. The Morgan fingerprint density at radius 1 is 0.867 bits per heavy atom. The lowest BCUT2D eigenvalue weighted by Gasteiger charge is -2.35. The van der Waals surface area contributed by atoms with E-state index in [1.54, 1.807) is 72.7 Å². The van der Waals surface area contributed by atoms with Crippen molar-refractivity contribution in [2.45, 2.75) is 90.6 Å². The van der Waals surface area contributed by atoms with Crippen molar-refractivity contribution in [3.05, 3.63) is 83.9 Å². The van der Waals surface area contributed by atoms with E-state index in [-0.39, 0.29) is 13.0 Å². The van der Waals surface area contributed by atoms with Gasteiger partial charge < -0.3 is 30.7 Å². The van der Waals surface area contributed by atoms with Crippen molar-refractivity contribution in [2.24, 2.45) is 5.73 Å². The van der Waals surface area contributed by atoms with Crippen molar-refractivity contribution >= 4 is 29.8 Å². The molecule has 4 N–H and O–H groups in total. The first-order valence-electron chi connectivity index (χ1n) is 14.7. The Morgan fingerprint density at radius 3 is 1.98 bits per heavy atom. The average Bonchev–Trinajstić information content (AvgIpc) is 2.91. The number of esters is 1. The molecule has 0 fully saturated rings. The summed E-state index contributed by atoms with van der Waals surface area (Å²) in [6, 6.07) is 12.2. The second-order valence-electron chi connectivity index (χ2n) is 12.7. The maximum Gasteiger partial charge on any atom is 0.408 e. The molecule has 0 aliphatic carbocycles. The number of amides is 4.